The first-order valence-corrected chi connectivity index (χ1v) is 23.0. The van der Waals surface area contributed by atoms with E-state index in [0.717, 1.165) is 0 Å². The van der Waals surface area contributed by atoms with Gasteiger partial charge in [-0.05, 0) is 129 Å². The Labute approximate surface area is 288 Å². The highest BCUT2D eigenvalue weighted by Crippen LogP contribution is 2.34. The van der Waals surface area contributed by atoms with Gasteiger partial charge in [-0.1, -0.05) is 153 Å². The molecule has 0 bridgehead atoms. The van der Waals surface area contributed by atoms with Gasteiger partial charge in [0.1, 0.15) is 0 Å². The maximum atomic E-state index is 2.64. The van der Waals surface area contributed by atoms with Crippen LogP contribution in [0.1, 0.15) is 129 Å². The van der Waals surface area contributed by atoms with Crippen LogP contribution in [0, 0.1) is 20.8 Å². The lowest BCUT2D eigenvalue weighted by molar-refractivity contribution is 0.875. The predicted octanol–water partition coefficient (Wildman–Crippen LogP) is 11.4. The van der Waals surface area contributed by atoms with E-state index in [4.69, 9.17) is 0 Å². The van der Waals surface area contributed by atoms with E-state index >= 15 is 0 Å². The van der Waals surface area contributed by atoms with Gasteiger partial charge in [0.05, 0.1) is 0 Å². The second-order valence-corrected chi connectivity index (χ2v) is 21.9. The normalized spacial score (nSPS) is 13.3. The average molecular weight is 685 g/mol. The van der Waals surface area contributed by atoms with E-state index in [9.17, 15) is 0 Å². The van der Waals surface area contributed by atoms with Gasteiger partial charge in [0.2, 0.25) is 0 Å². The standard InChI is InChI=1S/C42H59P3Si/c1-10-19-33-27-30(7)40(43-37(33)22-13-4)46(36-25-17-16-18-26-36,41-31(8)28-34(20-11-2)38(44-41)23-14-5)42-32(9)29-35(21-12-3)39(45-42)24-15-6/h16-18,25-29H,10-15,19-24H2,1-9H3. The van der Waals surface area contributed by atoms with Gasteiger partial charge in [0, 0.05) is 0 Å². The average Bonchev–Trinajstić information content (AvgIpc) is 3.04. The number of aryl methyl sites for hydroxylation is 9. The van der Waals surface area contributed by atoms with E-state index in [1.165, 1.54) is 102 Å². The van der Waals surface area contributed by atoms with Crippen LogP contribution in [0.2, 0.25) is 0 Å². The predicted molar refractivity (Wildman–Crippen MR) is 216 cm³/mol. The quantitative estimate of drug-likeness (QED) is 0.103. The monoisotopic (exact) mass is 684 g/mol. The van der Waals surface area contributed by atoms with Gasteiger partial charge in [-0.15, -0.1) is 0 Å². The fraction of sp³-hybridized carbons (Fsp3) is 0.500. The third-order valence-electron chi connectivity index (χ3n) is 9.44. The molecule has 46 heavy (non-hydrogen) atoms. The molecule has 0 spiro atoms. The molecule has 0 amide bonds. The van der Waals surface area contributed by atoms with Gasteiger partial charge < -0.3 is 0 Å². The fourth-order valence-corrected chi connectivity index (χ4v) is 22.4. The third kappa shape index (κ3) is 7.81. The lowest BCUT2D eigenvalue weighted by Gasteiger charge is -2.38. The number of hydrogen-bond acceptors (Lipinski definition) is 0. The summed E-state index contributed by atoms with van der Waals surface area (Å²) in [6.45, 7) is 21.6. The third-order valence-corrected chi connectivity index (χ3v) is 22.0. The van der Waals surface area contributed by atoms with Crippen LogP contribution in [0.15, 0.2) is 48.5 Å². The second kappa shape index (κ2) is 17.7. The van der Waals surface area contributed by atoms with Crippen LogP contribution in [-0.2, 0) is 38.5 Å². The van der Waals surface area contributed by atoms with Crippen molar-refractivity contribution in [2.24, 2.45) is 0 Å². The molecule has 3 aromatic heterocycles. The highest BCUT2D eigenvalue weighted by molar-refractivity contribution is 7.59. The van der Waals surface area contributed by atoms with Gasteiger partial charge in [-0.25, -0.2) is 0 Å². The minimum atomic E-state index is -2.62. The van der Waals surface area contributed by atoms with E-state index in [0.29, 0.717) is 0 Å². The molecule has 0 N–H and O–H groups in total. The maximum absolute atomic E-state index is 2.64. The highest BCUT2D eigenvalue weighted by atomic mass is 31.0. The van der Waals surface area contributed by atoms with Gasteiger partial charge in [0.25, 0.3) is 0 Å². The van der Waals surface area contributed by atoms with Crippen molar-refractivity contribution in [1.29, 1.82) is 0 Å². The summed E-state index contributed by atoms with van der Waals surface area (Å²) in [6.07, 6.45) is 14.5. The van der Waals surface area contributed by atoms with Crippen LogP contribution in [0.3, 0.4) is 0 Å². The molecule has 0 saturated carbocycles. The Hall–Kier alpha value is -1.61. The SMILES string of the molecule is CCCc1cc(C)c([Si](c2ccccc2)(c2pc(CCC)c(CCC)cc2C)c2pc(CCC)c(CCC)cc2C)pc1CCC. The maximum Gasteiger partial charge on any atom is 0.194 e. The number of hydrogen-bond donors (Lipinski definition) is 0. The van der Waals surface area contributed by atoms with Crippen molar-refractivity contribution in [3.05, 3.63) is 97.8 Å². The number of rotatable bonds is 16. The van der Waals surface area contributed by atoms with E-state index < -0.39 is 8.07 Å². The van der Waals surface area contributed by atoms with Crippen molar-refractivity contribution >= 4 is 52.6 Å². The van der Waals surface area contributed by atoms with Crippen molar-refractivity contribution in [2.75, 3.05) is 0 Å². The van der Waals surface area contributed by atoms with Gasteiger partial charge in [-0.2, -0.15) is 0 Å². The molecule has 4 rings (SSSR count). The fourth-order valence-electron chi connectivity index (χ4n) is 7.51. The minimum Gasteiger partial charge on any atom is -0.0721 e. The largest absolute Gasteiger partial charge is 0.194 e. The molecule has 3 heterocycles. The van der Waals surface area contributed by atoms with Crippen molar-refractivity contribution < 1.29 is 0 Å². The Bertz CT molecular complexity index is 1430. The molecule has 4 aromatic rings. The van der Waals surface area contributed by atoms with Crippen LogP contribution in [0.25, 0.3) is 0 Å². The highest BCUT2D eigenvalue weighted by Gasteiger charge is 2.46. The molecule has 0 atom stereocenters. The molecule has 0 aliphatic heterocycles. The molecule has 0 saturated heterocycles. The summed E-state index contributed by atoms with van der Waals surface area (Å²) in [5.74, 6) is 0. The summed E-state index contributed by atoms with van der Waals surface area (Å²) in [5.41, 5.74) is 9.50. The van der Waals surface area contributed by atoms with Gasteiger partial charge >= 0.3 is 0 Å². The van der Waals surface area contributed by atoms with Crippen LogP contribution < -0.4 is 19.9 Å². The zero-order valence-electron chi connectivity index (χ0n) is 30.4. The Morgan fingerprint density at radius 3 is 1.02 bits per heavy atom. The van der Waals surface area contributed by atoms with Crippen molar-refractivity contribution in [1.82, 2.24) is 0 Å². The van der Waals surface area contributed by atoms with Gasteiger partial charge in [-0.3, -0.25) is 0 Å². The van der Waals surface area contributed by atoms with Crippen LogP contribution in [0.5, 0.6) is 0 Å². The topological polar surface area (TPSA) is 0 Å². The molecule has 1 aromatic carbocycles. The van der Waals surface area contributed by atoms with Crippen molar-refractivity contribution in [2.45, 2.75) is 139 Å². The molecule has 4 heteroatoms. The lowest BCUT2D eigenvalue weighted by Crippen LogP contribution is -2.74. The van der Waals surface area contributed by atoms with Gasteiger partial charge in [0.15, 0.2) is 8.07 Å². The zero-order valence-corrected chi connectivity index (χ0v) is 34.1. The smallest absolute Gasteiger partial charge is 0.0721 e. The Morgan fingerprint density at radius 2 is 0.739 bits per heavy atom. The first-order chi connectivity index (χ1) is 22.3. The van der Waals surface area contributed by atoms with E-state index in [1.54, 1.807) is 69.2 Å². The molecule has 0 aliphatic carbocycles. The molecule has 0 radical (unpaired) electrons. The Kier molecular flexibility index (Phi) is 14.3. The first-order valence-electron chi connectivity index (χ1n) is 18.3. The molecule has 246 valence electrons. The summed E-state index contributed by atoms with van der Waals surface area (Å²) in [7, 11) is 1.88. The van der Waals surface area contributed by atoms with E-state index in [2.05, 4.69) is 111 Å². The number of benzene rings is 1. The molecule has 0 aliphatic rings. The molecular weight excluding hydrogens is 625 g/mol. The summed E-state index contributed by atoms with van der Waals surface area (Å²) in [6, 6.07) is 19.9. The summed E-state index contributed by atoms with van der Waals surface area (Å²) < 4.78 is 0. The zero-order chi connectivity index (χ0) is 33.3. The Morgan fingerprint density at radius 1 is 0.435 bits per heavy atom. The lowest BCUT2D eigenvalue weighted by atomic mass is 10.1. The van der Waals surface area contributed by atoms with E-state index in [-0.39, 0.29) is 0 Å². The summed E-state index contributed by atoms with van der Waals surface area (Å²) in [4.78, 5) is 5.24. The first kappa shape index (κ1) is 37.2. The minimum absolute atomic E-state index is 1.20. The molecule has 0 unspecified atom stereocenters. The molecular formula is C42H59P3Si. The van der Waals surface area contributed by atoms with Crippen LogP contribution in [0.4, 0.5) is 0 Å². The van der Waals surface area contributed by atoms with Crippen molar-refractivity contribution in [3.63, 3.8) is 0 Å². The van der Waals surface area contributed by atoms with Crippen molar-refractivity contribution in [3.8, 4) is 0 Å². The van der Waals surface area contributed by atoms with E-state index in [1.807, 2.05) is 0 Å². The van der Waals surface area contributed by atoms with Crippen LogP contribution in [-0.4, -0.2) is 8.07 Å². The second-order valence-electron chi connectivity index (χ2n) is 13.4. The summed E-state index contributed by atoms with van der Waals surface area (Å²) >= 11 is 0. The van der Waals surface area contributed by atoms with Crippen LogP contribution >= 0.6 is 24.6 Å². The summed E-state index contributed by atoms with van der Waals surface area (Å²) in [5, 5.41) is 6.66. The molecule has 0 fully saturated rings. The Balaban J connectivity index is 2.29. The molecule has 0 nitrogen and oxygen atoms in total.